The van der Waals surface area contributed by atoms with Gasteiger partial charge in [0.05, 0.1) is 37.0 Å². The second-order valence-corrected chi connectivity index (χ2v) is 4.87. The number of hydrogen-bond donors (Lipinski definition) is 1. The number of rotatable bonds is 7. The third-order valence-electron chi connectivity index (χ3n) is 3.13. The molecule has 156 valence electrons. The number of nitro groups is 1. The van der Waals surface area contributed by atoms with Crippen LogP contribution < -0.4 is 14.9 Å². The molecule has 0 aromatic heterocycles. The van der Waals surface area contributed by atoms with E-state index in [9.17, 15) is 45.6 Å². The van der Waals surface area contributed by atoms with Crippen LogP contribution in [0, 0.1) is 10.1 Å². The maximum absolute atomic E-state index is 13.1. The fraction of sp³-hybridized carbons (Fsp3) is 0.385. The normalized spacial score (nSPS) is 12.8. The number of nitrogens with zero attached hydrogens (tertiary/aromatic N) is 2. The molecule has 0 saturated carbocycles. The van der Waals surface area contributed by atoms with E-state index >= 15 is 0 Å². The molecule has 28 heavy (non-hydrogen) atoms. The fourth-order valence-electron chi connectivity index (χ4n) is 1.70. The lowest BCUT2D eigenvalue weighted by Gasteiger charge is -2.26. The largest absolute Gasteiger partial charge is 0.493 e. The van der Waals surface area contributed by atoms with E-state index in [4.69, 9.17) is 9.47 Å². The minimum absolute atomic E-state index is 0.0881. The number of amides is 1. The number of carbonyl (C=O) groups excluding carboxylic acids is 1. The van der Waals surface area contributed by atoms with Crippen molar-refractivity contribution in [2.24, 2.45) is 5.10 Å². The van der Waals surface area contributed by atoms with Gasteiger partial charge in [0.2, 0.25) is 0 Å². The average Bonchev–Trinajstić information content (AvgIpc) is 2.59. The molecule has 0 bridgehead atoms. The SMILES string of the molecule is COc1cc(/C=N\NC(=O)C(F)(F)C(F)(F)C(F)(F)F)c([N+](=O)[O-])cc1OC. The van der Waals surface area contributed by atoms with Gasteiger partial charge in [0.15, 0.2) is 11.5 Å². The summed E-state index contributed by atoms with van der Waals surface area (Å²) in [4.78, 5) is 21.1. The number of alkyl halides is 7. The number of hydrazone groups is 1. The first-order chi connectivity index (χ1) is 12.7. The number of halogens is 7. The lowest BCUT2D eigenvalue weighted by Crippen LogP contribution is -2.58. The van der Waals surface area contributed by atoms with Crippen molar-refractivity contribution in [2.45, 2.75) is 18.0 Å². The number of benzene rings is 1. The fourth-order valence-corrected chi connectivity index (χ4v) is 1.70. The minimum atomic E-state index is -6.71. The summed E-state index contributed by atoms with van der Waals surface area (Å²) in [5.74, 6) is -16.1. The second kappa shape index (κ2) is 7.85. The number of hydrogen-bond acceptors (Lipinski definition) is 6. The Labute approximate surface area is 151 Å². The highest BCUT2D eigenvalue weighted by atomic mass is 19.4. The van der Waals surface area contributed by atoms with Crippen molar-refractivity contribution in [3.63, 3.8) is 0 Å². The Morgan fingerprint density at radius 3 is 2.04 bits per heavy atom. The van der Waals surface area contributed by atoms with Crippen molar-refractivity contribution >= 4 is 17.8 Å². The van der Waals surface area contributed by atoms with Crippen molar-refractivity contribution in [3.8, 4) is 11.5 Å². The van der Waals surface area contributed by atoms with Gasteiger partial charge in [0.25, 0.3) is 5.69 Å². The maximum Gasteiger partial charge on any atom is 0.460 e. The topological polar surface area (TPSA) is 103 Å². The first-order valence-corrected chi connectivity index (χ1v) is 6.77. The van der Waals surface area contributed by atoms with Crippen LogP contribution in [0.4, 0.5) is 36.4 Å². The van der Waals surface area contributed by atoms with Crippen LogP contribution in [0.5, 0.6) is 11.5 Å². The molecule has 15 heteroatoms. The molecule has 1 N–H and O–H groups in total. The van der Waals surface area contributed by atoms with Gasteiger partial charge >= 0.3 is 23.9 Å². The number of ether oxygens (including phenoxy) is 2. The van der Waals surface area contributed by atoms with E-state index in [2.05, 4.69) is 5.10 Å². The van der Waals surface area contributed by atoms with Crippen LogP contribution >= 0.6 is 0 Å². The van der Waals surface area contributed by atoms with E-state index < -0.39 is 40.1 Å². The predicted octanol–water partition coefficient (Wildman–Crippen LogP) is 2.90. The van der Waals surface area contributed by atoms with Gasteiger partial charge in [-0.2, -0.15) is 35.8 Å². The molecule has 0 aliphatic rings. The van der Waals surface area contributed by atoms with Crippen molar-refractivity contribution in [2.75, 3.05) is 14.2 Å². The van der Waals surface area contributed by atoms with Crippen LogP contribution in [0.3, 0.4) is 0 Å². The zero-order valence-corrected chi connectivity index (χ0v) is 13.8. The van der Waals surface area contributed by atoms with Crippen molar-refractivity contribution < 1.29 is 49.9 Å². The van der Waals surface area contributed by atoms with Crippen LogP contribution in [-0.2, 0) is 4.79 Å². The van der Waals surface area contributed by atoms with E-state index in [1.54, 1.807) is 0 Å². The maximum atomic E-state index is 13.1. The molecular formula is C13H10F7N3O5. The molecule has 0 spiro atoms. The first-order valence-electron chi connectivity index (χ1n) is 6.77. The van der Waals surface area contributed by atoms with Gasteiger partial charge < -0.3 is 9.47 Å². The molecule has 1 amide bonds. The third kappa shape index (κ3) is 4.23. The van der Waals surface area contributed by atoms with Crippen LogP contribution in [0.2, 0.25) is 0 Å². The first kappa shape index (κ1) is 22.9. The molecule has 1 aromatic carbocycles. The lowest BCUT2D eigenvalue weighted by molar-refractivity contribution is -0.385. The van der Waals surface area contributed by atoms with E-state index in [1.165, 1.54) is 0 Å². The molecule has 1 aromatic rings. The molecule has 1 rings (SSSR count). The molecule has 0 fully saturated rings. The molecule has 0 aliphatic carbocycles. The van der Waals surface area contributed by atoms with Gasteiger partial charge in [-0.05, 0) is 6.07 Å². The molecule has 0 unspecified atom stereocenters. The van der Waals surface area contributed by atoms with Crippen LogP contribution in [0.15, 0.2) is 17.2 Å². The Morgan fingerprint density at radius 1 is 1.11 bits per heavy atom. The highest BCUT2D eigenvalue weighted by molar-refractivity contribution is 5.89. The van der Waals surface area contributed by atoms with E-state index in [1.807, 2.05) is 0 Å². The van der Waals surface area contributed by atoms with Crippen molar-refractivity contribution in [1.82, 2.24) is 5.43 Å². The molecule has 0 radical (unpaired) electrons. The Balaban J connectivity index is 3.16. The quantitative estimate of drug-likeness (QED) is 0.316. The average molecular weight is 421 g/mol. The van der Waals surface area contributed by atoms with Gasteiger partial charge in [-0.3, -0.25) is 14.9 Å². The molecular weight excluding hydrogens is 411 g/mol. The smallest absolute Gasteiger partial charge is 0.460 e. The predicted molar refractivity (Wildman–Crippen MR) is 77.9 cm³/mol. The Bertz CT molecular complexity index is 795. The van der Waals surface area contributed by atoms with Crippen molar-refractivity contribution in [1.29, 1.82) is 0 Å². The summed E-state index contributed by atoms with van der Waals surface area (Å²) >= 11 is 0. The lowest BCUT2D eigenvalue weighted by atomic mass is 10.1. The van der Waals surface area contributed by atoms with Crippen molar-refractivity contribution in [3.05, 3.63) is 27.8 Å². The number of carbonyl (C=O) groups is 1. The summed E-state index contributed by atoms with van der Waals surface area (Å²) in [7, 11) is 2.30. The Morgan fingerprint density at radius 2 is 1.61 bits per heavy atom. The number of nitrogens with one attached hydrogen (secondary N) is 1. The van der Waals surface area contributed by atoms with Crippen LogP contribution in [0.25, 0.3) is 0 Å². The summed E-state index contributed by atoms with van der Waals surface area (Å²) in [5, 5.41) is 13.8. The molecule has 0 heterocycles. The highest BCUT2D eigenvalue weighted by Gasteiger charge is 2.76. The summed E-state index contributed by atoms with van der Waals surface area (Å²) in [6.07, 6.45) is -6.33. The van der Waals surface area contributed by atoms with E-state index in [-0.39, 0.29) is 11.5 Å². The second-order valence-electron chi connectivity index (χ2n) is 4.87. The third-order valence-corrected chi connectivity index (χ3v) is 3.13. The summed E-state index contributed by atoms with van der Waals surface area (Å²) in [6, 6.07) is 1.77. The highest BCUT2D eigenvalue weighted by Crippen LogP contribution is 2.46. The zero-order chi connectivity index (χ0) is 21.9. The minimum Gasteiger partial charge on any atom is -0.493 e. The van der Waals surface area contributed by atoms with Gasteiger partial charge in [-0.15, -0.1) is 0 Å². The summed E-state index contributed by atoms with van der Waals surface area (Å²) in [5.41, 5.74) is -0.396. The van der Waals surface area contributed by atoms with Gasteiger partial charge in [-0.25, -0.2) is 5.43 Å². The standard InChI is InChI=1S/C13H10F7N3O5/c1-27-8-3-6(7(23(25)26)4-9(8)28-2)5-21-22-10(24)11(14,15)12(16,17)13(18,19)20/h3-5H,1-2H3,(H,22,24)/b21-5-. The number of nitro benzene ring substituents is 1. The summed E-state index contributed by atoms with van der Waals surface area (Å²) < 4.78 is 97.5. The Kier molecular flexibility index (Phi) is 6.43. The van der Waals surface area contributed by atoms with Crippen LogP contribution in [-0.4, -0.2) is 49.3 Å². The number of methoxy groups -OCH3 is 2. The summed E-state index contributed by atoms with van der Waals surface area (Å²) in [6.45, 7) is 0. The zero-order valence-electron chi connectivity index (χ0n) is 13.8. The van der Waals surface area contributed by atoms with Gasteiger partial charge in [0, 0.05) is 0 Å². The molecule has 0 aliphatic heterocycles. The molecule has 8 nitrogen and oxygen atoms in total. The Hall–Kier alpha value is -3.13. The molecule has 0 atom stereocenters. The van der Waals surface area contributed by atoms with E-state index in [0.717, 1.165) is 31.8 Å². The molecule has 0 saturated heterocycles. The van der Waals surface area contributed by atoms with Gasteiger partial charge in [-0.1, -0.05) is 0 Å². The monoisotopic (exact) mass is 421 g/mol. The van der Waals surface area contributed by atoms with E-state index in [0.29, 0.717) is 6.21 Å². The van der Waals surface area contributed by atoms with Gasteiger partial charge in [0.1, 0.15) is 0 Å². The van der Waals surface area contributed by atoms with Crippen LogP contribution in [0.1, 0.15) is 5.56 Å².